The van der Waals surface area contributed by atoms with Gasteiger partial charge in [-0.15, -0.1) is 11.3 Å². The Balaban J connectivity index is 1.54. The van der Waals surface area contributed by atoms with Crippen molar-refractivity contribution in [3.8, 4) is 0 Å². The van der Waals surface area contributed by atoms with Gasteiger partial charge in [0.05, 0.1) is 11.4 Å². The van der Waals surface area contributed by atoms with Crippen molar-refractivity contribution in [3.05, 3.63) is 65.0 Å². The summed E-state index contributed by atoms with van der Waals surface area (Å²) in [6.45, 7) is 1.83. The zero-order valence-electron chi connectivity index (χ0n) is 15.8. The van der Waals surface area contributed by atoms with Gasteiger partial charge < -0.3 is 10.4 Å². The van der Waals surface area contributed by atoms with E-state index in [1.807, 2.05) is 30.3 Å². The van der Waals surface area contributed by atoms with Gasteiger partial charge in [-0.25, -0.2) is 8.42 Å². The van der Waals surface area contributed by atoms with Crippen molar-refractivity contribution in [2.75, 3.05) is 12.8 Å². The van der Waals surface area contributed by atoms with Crippen LogP contribution >= 0.6 is 11.3 Å². The third-order valence-corrected chi connectivity index (χ3v) is 7.08. The van der Waals surface area contributed by atoms with Crippen LogP contribution < -0.4 is 5.32 Å². The number of thiophene rings is 1. The molecule has 7 heteroatoms. The Morgan fingerprint density at radius 1 is 1.14 bits per heavy atom. The lowest BCUT2D eigenvalue weighted by Crippen LogP contribution is -2.38. The molecule has 0 aliphatic rings. The predicted octanol–water partition coefficient (Wildman–Crippen LogP) is 3.26. The van der Waals surface area contributed by atoms with Gasteiger partial charge in [-0.1, -0.05) is 30.3 Å². The minimum absolute atomic E-state index is 0.131. The molecule has 148 valence electrons. The molecule has 2 aromatic carbocycles. The Hall–Kier alpha value is -2.22. The van der Waals surface area contributed by atoms with Gasteiger partial charge in [0.15, 0.2) is 9.84 Å². The molecule has 1 heterocycles. The fourth-order valence-electron chi connectivity index (χ4n) is 2.85. The van der Waals surface area contributed by atoms with Crippen molar-refractivity contribution < 1.29 is 18.3 Å². The number of aryl methyl sites for hydroxylation is 1. The van der Waals surface area contributed by atoms with E-state index in [0.29, 0.717) is 6.42 Å². The fourth-order valence-corrected chi connectivity index (χ4v) is 4.59. The van der Waals surface area contributed by atoms with Crippen molar-refractivity contribution in [2.24, 2.45) is 0 Å². The summed E-state index contributed by atoms with van der Waals surface area (Å²) in [5, 5.41) is 14.6. The molecule has 1 atom stereocenters. The molecule has 0 saturated carbocycles. The second-order valence-corrected chi connectivity index (χ2v) is 10.2. The van der Waals surface area contributed by atoms with Crippen molar-refractivity contribution in [1.29, 1.82) is 0 Å². The molecule has 0 spiro atoms. The van der Waals surface area contributed by atoms with Crippen LogP contribution in [0, 0.1) is 0 Å². The fraction of sp³-hybridized carbons (Fsp3) is 0.286. The second-order valence-electron chi connectivity index (χ2n) is 7.12. The number of carbonyl (C=O) groups excluding carboxylic acids is 1. The molecule has 1 aromatic heterocycles. The van der Waals surface area contributed by atoms with Crippen molar-refractivity contribution in [2.45, 2.75) is 30.3 Å². The smallest absolute Gasteiger partial charge is 0.220 e. The normalized spacial score (nSPS) is 14.0. The van der Waals surface area contributed by atoms with Gasteiger partial charge in [-0.3, -0.25) is 4.79 Å². The molecule has 0 saturated heterocycles. The molecule has 0 radical (unpaired) electrons. The van der Waals surface area contributed by atoms with Crippen molar-refractivity contribution >= 4 is 37.2 Å². The lowest BCUT2D eigenvalue weighted by Gasteiger charge is -2.22. The summed E-state index contributed by atoms with van der Waals surface area (Å²) in [6.07, 6.45) is 1.93. The van der Waals surface area contributed by atoms with Crippen molar-refractivity contribution in [3.63, 3.8) is 0 Å². The number of amides is 1. The third-order valence-electron chi connectivity index (χ3n) is 4.58. The zero-order valence-corrected chi connectivity index (χ0v) is 17.4. The van der Waals surface area contributed by atoms with E-state index in [-0.39, 0.29) is 23.8 Å². The van der Waals surface area contributed by atoms with Crippen LogP contribution in [0.15, 0.2) is 59.5 Å². The SMILES string of the molecule is CC(O)(CNC(=O)CCc1ccc(S(C)(=O)=O)cc1)c1cc2ccccc2s1. The quantitative estimate of drug-likeness (QED) is 0.618. The van der Waals surface area contributed by atoms with Gasteiger partial charge in [0.25, 0.3) is 0 Å². The maximum absolute atomic E-state index is 12.2. The standard InChI is InChI=1S/C21H23NO4S2/c1-21(24,19-13-16-5-3-4-6-18(16)27-19)14-22-20(23)12-9-15-7-10-17(11-8-15)28(2,25)26/h3-8,10-11,13,24H,9,12,14H2,1-2H3,(H,22,23). The van der Waals surface area contributed by atoms with E-state index in [9.17, 15) is 18.3 Å². The van der Waals surface area contributed by atoms with Crippen LogP contribution in [0.2, 0.25) is 0 Å². The van der Waals surface area contributed by atoms with Gasteiger partial charge >= 0.3 is 0 Å². The van der Waals surface area contributed by atoms with E-state index in [2.05, 4.69) is 5.32 Å². The van der Waals surface area contributed by atoms with Gasteiger partial charge in [0.2, 0.25) is 5.91 Å². The van der Waals surface area contributed by atoms with Crippen molar-refractivity contribution in [1.82, 2.24) is 5.32 Å². The first-order chi connectivity index (χ1) is 13.1. The molecule has 1 unspecified atom stereocenters. The summed E-state index contributed by atoms with van der Waals surface area (Å²) >= 11 is 1.52. The highest BCUT2D eigenvalue weighted by molar-refractivity contribution is 7.90. The summed E-state index contributed by atoms with van der Waals surface area (Å²) in [5.74, 6) is -0.159. The molecule has 3 aromatic rings. The zero-order chi connectivity index (χ0) is 20.4. The molecule has 5 nitrogen and oxygen atoms in total. The highest BCUT2D eigenvalue weighted by Crippen LogP contribution is 2.32. The van der Waals surface area contributed by atoms with Gasteiger partial charge in [0.1, 0.15) is 5.60 Å². The largest absolute Gasteiger partial charge is 0.383 e. The van der Waals surface area contributed by atoms with Gasteiger partial charge in [0, 0.05) is 22.3 Å². The molecule has 1 amide bonds. The van der Waals surface area contributed by atoms with Crippen LogP contribution in [-0.2, 0) is 26.7 Å². The number of benzene rings is 2. The van der Waals surface area contributed by atoms with Gasteiger partial charge in [-0.2, -0.15) is 0 Å². The second kappa shape index (κ2) is 8.03. The van der Waals surface area contributed by atoms with Crippen LogP contribution in [0.25, 0.3) is 10.1 Å². The Bertz CT molecular complexity index is 1050. The first kappa shape index (κ1) is 20.5. The number of aliphatic hydroxyl groups is 1. The highest BCUT2D eigenvalue weighted by Gasteiger charge is 2.26. The number of carbonyl (C=O) groups is 1. The molecule has 28 heavy (non-hydrogen) atoms. The van der Waals surface area contributed by atoms with Crippen LogP contribution in [0.3, 0.4) is 0 Å². The van der Waals surface area contributed by atoms with E-state index in [1.54, 1.807) is 31.2 Å². The average Bonchev–Trinajstić information content (AvgIpc) is 3.10. The Kier molecular flexibility index (Phi) is 5.88. The Labute approximate surface area is 168 Å². The summed E-state index contributed by atoms with van der Waals surface area (Å²) in [4.78, 5) is 13.3. The Morgan fingerprint density at radius 2 is 1.82 bits per heavy atom. The number of nitrogens with one attached hydrogen (secondary N) is 1. The van der Waals surface area contributed by atoms with E-state index >= 15 is 0 Å². The summed E-state index contributed by atoms with van der Waals surface area (Å²) < 4.78 is 24.1. The number of fused-ring (bicyclic) bond motifs is 1. The monoisotopic (exact) mass is 417 g/mol. The molecule has 0 aliphatic heterocycles. The van der Waals surface area contributed by atoms with E-state index < -0.39 is 15.4 Å². The Morgan fingerprint density at radius 3 is 2.46 bits per heavy atom. The molecule has 0 aliphatic carbocycles. The molecular formula is C21H23NO4S2. The minimum atomic E-state index is -3.22. The molecule has 2 N–H and O–H groups in total. The first-order valence-electron chi connectivity index (χ1n) is 8.92. The maximum Gasteiger partial charge on any atom is 0.220 e. The third kappa shape index (κ3) is 4.98. The number of hydrogen-bond donors (Lipinski definition) is 2. The van der Waals surface area contributed by atoms with Crippen LogP contribution in [0.4, 0.5) is 0 Å². The minimum Gasteiger partial charge on any atom is -0.383 e. The summed E-state index contributed by atoms with van der Waals surface area (Å²) in [6, 6.07) is 16.4. The van der Waals surface area contributed by atoms with Crippen LogP contribution in [0.5, 0.6) is 0 Å². The molecular weight excluding hydrogens is 394 g/mol. The van der Waals surface area contributed by atoms with E-state index in [4.69, 9.17) is 0 Å². The summed E-state index contributed by atoms with van der Waals surface area (Å²) in [7, 11) is -3.22. The average molecular weight is 418 g/mol. The predicted molar refractivity (Wildman–Crippen MR) is 112 cm³/mol. The van der Waals surface area contributed by atoms with E-state index in [1.165, 1.54) is 11.3 Å². The number of rotatable bonds is 7. The number of sulfone groups is 1. The lowest BCUT2D eigenvalue weighted by molar-refractivity contribution is -0.122. The topological polar surface area (TPSA) is 83.5 Å². The molecule has 3 rings (SSSR count). The number of hydrogen-bond acceptors (Lipinski definition) is 5. The summed E-state index contributed by atoms with van der Waals surface area (Å²) in [5.41, 5.74) is -0.255. The lowest BCUT2D eigenvalue weighted by atomic mass is 10.0. The first-order valence-corrected chi connectivity index (χ1v) is 11.6. The van der Waals surface area contributed by atoms with Crippen LogP contribution in [-0.4, -0.2) is 32.2 Å². The molecule has 0 bridgehead atoms. The van der Waals surface area contributed by atoms with Gasteiger partial charge in [-0.05, 0) is 48.6 Å². The van der Waals surface area contributed by atoms with E-state index in [0.717, 1.165) is 26.8 Å². The van der Waals surface area contributed by atoms with Crippen LogP contribution in [0.1, 0.15) is 23.8 Å². The highest BCUT2D eigenvalue weighted by atomic mass is 32.2. The molecule has 0 fully saturated rings. The maximum atomic E-state index is 12.2.